The summed E-state index contributed by atoms with van der Waals surface area (Å²) < 4.78 is 55.8. The van der Waals surface area contributed by atoms with Crippen LogP contribution in [0.2, 0.25) is 0 Å². The first-order valence-electron chi connectivity index (χ1n) is 12.0. The molecule has 196 valence electrons. The molecule has 1 heterocycles. The maximum Gasteiger partial charge on any atom is 0.416 e. The summed E-state index contributed by atoms with van der Waals surface area (Å²) in [6.07, 6.45) is -2.64. The van der Waals surface area contributed by atoms with Gasteiger partial charge < -0.3 is 19.5 Å². The molecule has 1 atom stereocenters. The molecule has 0 fully saturated rings. The second kappa shape index (κ2) is 10.7. The molecule has 2 aromatic rings. The van der Waals surface area contributed by atoms with Gasteiger partial charge in [0.2, 0.25) is 0 Å². The van der Waals surface area contributed by atoms with Crippen molar-refractivity contribution < 1.29 is 37.0 Å². The molecular weight excluding hydrogens is 487 g/mol. The Morgan fingerprint density at radius 1 is 1.11 bits per heavy atom. The maximum atomic E-state index is 13.1. The zero-order chi connectivity index (χ0) is 26.7. The number of rotatable bonds is 7. The number of hydrogen-bond acceptors (Lipinski definition) is 6. The minimum atomic E-state index is -4.45. The van der Waals surface area contributed by atoms with Crippen molar-refractivity contribution in [1.29, 1.82) is 0 Å². The Kier molecular flexibility index (Phi) is 7.61. The smallest absolute Gasteiger partial charge is 0.416 e. The van der Waals surface area contributed by atoms with Crippen LogP contribution >= 0.6 is 0 Å². The summed E-state index contributed by atoms with van der Waals surface area (Å²) in [4.78, 5) is 26.0. The molecule has 0 aromatic heterocycles. The molecule has 0 saturated heterocycles. The fourth-order valence-electron chi connectivity index (χ4n) is 4.78. The molecule has 0 spiro atoms. The Balaban J connectivity index is 1.68. The molecule has 1 N–H and O–H groups in total. The van der Waals surface area contributed by atoms with Crippen molar-refractivity contribution in [3.63, 3.8) is 0 Å². The highest BCUT2D eigenvalue weighted by Gasteiger charge is 2.39. The van der Waals surface area contributed by atoms with Crippen LogP contribution in [0, 0.1) is 0 Å². The Hall–Kier alpha value is -3.75. The number of carbonyl (C=O) groups is 2. The molecule has 0 unspecified atom stereocenters. The minimum Gasteiger partial charge on any atom is -0.493 e. The Morgan fingerprint density at radius 3 is 2.59 bits per heavy atom. The number of esters is 1. The maximum absolute atomic E-state index is 13.1. The monoisotopic (exact) mass is 515 g/mol. The van der Waals surface area contributed by atoms with E-state index >= 15 is 0 Å². The Morgan fingerprint density at radius 2 is 1.89 bits per heavy atom. The molecule has 0 radical (unpaired) electrons. The SMILES string of the molecule is CCOC(=O)C1=C(C)NC2=C(C(=O)CCC2)[C@@H]1c1ccc(OCc2cccc(C(F)(F)F)c2)c(OC)c1. The Labute approximate surface area is 213 Å². The van der Waals surface area contributed by atoms with Crippen LogP contribution in [0.1, 0.15) is 55.7 Å². The lowest BCUT2D eigenvalue weighted by atomic mass is 9.75. The summed E-state index contributed by atoms with van der Waals surface area (Å²) in [5.41, 5.74) is 2.57. The predicted octanol–water partition coefficient (Wildman–Crippen LogP) is 5.82. The second-order valence-corrected chi connectivity index (χ2v) is 8.88. The molecule has 1 aliphatic heterocycles. The van der Waals surface area contributed by atoms with Crippen LogP contribution in [0.5, 0.6) is 11.5 Å². The van der Waals surface area contributed by atoms with Gasteiger partial charge in [-0.25, -0.2) is 4.79 Å². The number of benzene rings is 2. The summed E-state index contributed by atoms with van der Waals surface area (Å²) in [6.45, 7) is 3.59. The van der Waals surface area contributed by atoms with E-state index in [9.17, 15) is 22.8 Å². The molecule has 2 aliphatic rings. The number of nitrogens with one attached hydrogen (secondary N) is 1. The van der Waals surface area contributed by atoms with Gasteiger partial charge >= 0.3 is 12.1 Å². The lowest BCUT2D eigenvalue weighted by Gasteiger charge is -2.34. The van der Waals surface area contributed by atoms with Crippen LogP contribution in [-0.4, -0.2) is 25.5 Å². The van der Waals surface area contributed by atoms with Crippen LogP contribution in [0.4, 0.5) is 13.2 Å². The van der Waals surface area contributed by atoms with Gasteiger partial charge in [-0.1, -0.05) is 18.2 Å². The summed E-state index contributed by atoms with van der Waals surface area (Å²) in [5.74, 6) is -0.535. The topological polar surface area (TPSA) is 73.9 Å². The molecule has 2 aromatic carbocycles. The largest absolute Gasteiger partial charge is 0.493 e. The van der Waals surface area contributed by atoms with E-state index in [1.54, 1.807) is 38.1 Å². The number of hydrogen-bond donors (Lipinski definition) is 1. The van der Waals surface area contributed by atoms with Crippen LogP contribution < -0.4 is 14.8 Å². The number of carbonyl (C=O) groups excluding carboxylic acids is 2. The summed E-state index contributed by atoms with van der Waals surface area (Å²) >= 11 is 0. The number of halogens is 3. The molecule has 6 nitrogen and oxygen atoms in total. The molecular formula is C28H28F3NO5. The normalized spacial score (nSPS) is 17.8. The van der Waals surface area contributed by atoms with Crippen LogP contribution in [0.3, 0.4) is 0 Å². The zero-order valence-electron chi connectivity index (χ0n) is 20.8. The van der Waals surface area contributed by atoms with Crippen molar-refractivity contribution in [1.82, 2.24) is 5.32 Å². The summed E-state index contributed by atoms with van der Waals surface area (Å²) in [7, 11) is 1.45. The predicted molar refractivity (Wildman–Crippen MR) is 130 cm³/mol. The number of ketones is 1. The van der Waals surface area contributed by atoms with E-state index in [2.05, 4.69) is 5.32 Å². The van der Waals surface area contributed by atoms with Gasteiger partial charge in [-0.2, -0.15) is 13.2 Å². The average molecular weight is 516 g/mol. The van der Waals surface area contributed by atoms with Crippen molar-refractivity contribution in [3.05, 3.63) is 81.7 Å². The van der Waals surface area contributed by atoms with Gasteiger partial charge in [0.05, 0.1) is 24.9 Å². The highest BCUT2D eigenvalue weighted by molar-refractivity contribution is 6.03. The summed E-state index contributed by atoms with van der Waals surface area (Å²) in [6, 6.07) is 9.98. The Bertz CT molecular complexity index is 1280. The lowest BCUT2D eigenvalue weighted by Crippen LogP contribution is -2.34. The summed E-state index contributed by atoms with van der Waals surface area (Å²) in [5, 5.41) is 3.23. The average Bonchev–Trinajstić information content (AvgIpc) is 2.86. The number of Topliss-reactive ketones (excluding diaryl/α,β-unsaturated/α-hetero) is 1. The van der Waals surface area contributed by atoms with Crippen molar-refractivity contribution in [2.75, 3.05) is 13.7 Å². The highest BCUT2D eigenvalue weighted by Crippen LogP contribution is 2.44. The third-order valence-electron chi connectivity index (χ3n) is 6.44. The highest BCUT2D eigenvalue weighted by atomic mass is 19.4. The number of dihydropyridines is 1. The minimum absolute atomic E-state index is 0.0307. The van der Waals surface area contributed by atoms with E-state index in [0.717, 1.165) is 24.3 Å². The van der Waals surface area contributed by atoms with E-state index in [4.69, 9.17) is 14.2 Å². The quantitative estimate of drug-likeness (QED) is 0.468. The number of allylic oxidation sites excluding steroid dienone is 3. The zero-order valence-corrected chi connectivity index (χ0v) is 20.8. The molecule has 4 rings (SSSR count). The first kappa shape index (κ1) is 26.3. The van der Waals surface area contributed by atoms with Crippen LogP contribution in [0.15, 0.2) is 65.0 Å². The number of alkyl halides is 3. The first-order valence-corrected chi connectivity index (χ1v) is 12.0. The standard InChI is InChI=1S/C28H28F3NO5/c1-4-36-27(34)24-16(2)32-20-9-6-10-21(33)26(20)25(24)18-11-12-22(23(14-18)35-3)37-15-17-7-5-8-19(13-17)28(29,30)31/h5,7-8,11-14,25,32H,4,6,9-10,15H2,1-3H3/t25-/m1/s1. The first-order chi connectivity index (χ1) is 17.6. The third kappa shape index (κ3) is 5.50. The second-order valence-electron chi connectivity index (χ2n) is 8.88. The fourth-order valence-corrected chi connectivity index (χ4v) is 4.78. The van der Waals surface area contributed by atoms with E-state index in [-0.39, 0.29) is 19.0 Å². The molecule has 1 aliphatic carbocycles. The molecule has 9 heteroatoms. The number of ether oxygens (including phenoxy) is 3. The molecule has 37 heavy (non-hydrogen) atoms. The lowest BCUT2D eigenvalue weighted by molar-refractivity contribution is -0.139. The van der Waals surface area contributed by atoms with Gasteiger partial charge in [-0.15, -0.1) is 0 Å². The van der Waals surface area contributed by atoms with E-state index < -0.39 is 23.6 Å². The molecule has 0 saturated carbocycles. The van der Waals surface area contributed by atoms with Crippen molar-refractivity contribution >= 4 is 11.8 Å². The number of methoxy groups -OCH3 is 1. The van der Waals surface area contributed by atoms with E-state index in [1.165, 1.54) is 13.2 Å². The van der Waals surface area contributed by atoms with E-state index in [1.807, 2.05) is 0 Å². The van der Waals surface area contributed by atoms with Crippen LogP contribution in [0.25, 0.3) is 0 Å². The van der Waals surface area contributed by atoms with Crippen LogP contribution in [-0.2, 0) is 27.1 Å². The fraction of sp³-hybridized carbons (Fsp3) is 0.357. The van der Waals surface area contributed by atoms with Crippen molar-refractivity contribution in [2.45, 2.75) is 51.8 Å². The van der Waals surface area contributed by atoms with Gasteiger partial charge in [0.25, 0.3) is 0 Å². The van der Waals surface area contributed by atoms with Gasteiger partial charge in [-0.3, -0.25) is 4.79 Å². The molecule has 0 amide bonds. The van der Waals surface area contributed by atoms with E-state index in [0.29, 0.717) is 52.3 Å². The third-order valence-corrected chi connectivity index (χ3v) is 6.44. The van der Waals surface area contributed by atoms with Crippen molar-refractivity contribution in [2.24, 2.45) is 0 Å². The van der Waals surface area contributed by atoms with Gasteiger partial charge in [0.1, 0.15) is 6.61 Å². The van der Waals surface area contributed by atoms with Gasteiger partial charge in [0, 0.05) is 29.3 Å². The van der Waals surface area contributed by atoms with Gasteiger partial charge in [0.15, 0.2) is 17.3 Å². The molecule has 0 bridgehead atoms. The van der Waals surface area contributed by atoms with Crippen molar-refractivity contribution in [3.8, 4) is 11.5 Å². The van der Waals surface area contributed by atoms with Gasteiger partial charge in [-0.05, 0) is 62.1 Å².